The fourth-order valence-electron chi connectivity index (χ4n) is 2.66. The molecule has 0 aromatic carbocycles. The fraction of sp³-hybridized carbons (Fsp3) is 0.846. The van der Waals surface area contributed by atoms with Crippen molar-refractivity contribution in [1.29, 1.82) is 0 Å². The van der Waals surface area contributed by atoms with Crippen molar-refractivity contribution in [3.05, 3.63) is 5.01 Å². The van der Waals surface area contributed by atoms with E-state index < -0.39 is 0 Å². The summed E-state index contributed by atoms with van der Waals surface area (Å²) in [5.41, 5.74) is 0.379. The summed E-state index contributed by atoms with van der Waals surface area (Å²) >= 11 is 1.66. The van der Waals surface area contributed by atoms with Crippen LogP contribution in [-0.4, -0.2) is 59.8 Å². The highest BCUT2D eigenvalue weighted by Gasteiger charge is 2.39. The summed E-state index contributed by atoms with van der Waals surface area (Å²) in [6, 6.07) is 0. The molecule has 0 saturated heterocycles. The number of aromatic nitrogens is 2. The molecule has 19 heavy (non-hydrogen) atoms. The normalized spacial score (nSPS) is 17.8. The van der Waals surface area contributed by atoms with Crippen LogP contribution in [0.2, 0.25) is 0 Å². The second kappa shape index (κ2) is 6.15. The van der Waals surface area contributed by atoms with Crippen molar-refractivity contribution in [2.75, 3.05) is 39.5 Å². The van der Waals surface area contributed by atoms with Gasteiger partial charge in [-0.1, -0.05) is 11.3 Å². The molecule has 1 saturated carbocycles. The summed E-state index contributed by atoms with van der Waals surface area (Å²) < 4.78 is 0. The van der Waals surface area contributed by atoms with Gasteiger partial charge in [0.25, 0.3) is 0 Å². The SMILES string of the molecule is CCNc1nnc(CN(C)CC2(N(C)C)CCC2)s1. The molecule has 1 heterocycles. The van der Waals surface area contributed by atoms with E-state index >= 15 is 0 Å². The standard InChI is InChI=1S/C13H25N5S/c1-5-14-12-16-15-11(19-12)9-18(4)10-13(17(2)3)7-6-8-13/h5-10H2,1-4H3,(H,14,16). The molecule has 5 nitrogen and oxygen atoms in total. The molecule has 1 N–H and O–H groups in total. The van der Waals surface area contributed by atoms with Crippen molar-refractivity contribution >= 4 is 16.5 Å². The van der Waals surface area contributed by atoms with Gasteiger partial charge in [0.1, 0.15) is 5.01 Å². The van der Waals surface area contributed by atoms with Crippen molar-refractivity contribution in [2.45, 2.75) is 38.3 Å². The van der Waals surface area contributed by atoms with Crippen LogP contribution in [0.4, 0.5) is 5.13 Å². The third-order valence-electron chi connectivity index (χ3n) is 4.00. The lowest BCUT2D eigenvalue weighted by Crippen LogP contribution is -2.56. The maximum absolute atomic E-state index is 4.24. The van der Waals surface area contributed by atoms with Crippen LogP contribution in [0.1, 0.15) is 31.2 Å². The number of rotatable bonds is 7. The Morgan fingerprint density at radius 3 is 2.53 bits per heavy atom. The topological polar surface area (TPSA) is 44.3 Å². The molecule has 1 aromatic heterocycles. The largest absolute Gasteiger partial charge is 0.360 e. The van der Waals surface area contributed by atoms with Crippen LogP contribution in [0.25, 0.3) is 0 Å². The molecular weight excluding hydrogens is 258 g/mol. The average Bonchev–Trinajstić information content (AvgIpc) is 2.71. The summed E-state index contributed by atoms with van der Waals surface area (Å²) in [4.78, 5) is 4.76. The van der Waals surface area contributed by atoms with Crippen molar-refractivity contribution in [3.8, 4) is 0 Å². The highest BCUT2D eigenvalue weighted by molar-refractivity contribution is 7.15. The molecule has 0 bridgehead atoms. The van der Waals surface area contributed by atoms with E-state index in [2.05, 4.69) is 53.4 Å². The predicted octanol–water partition coefficient (Wildman–Crippen LogP) is 1.89. The van der Waals surface area contributed by atoms with Crippen LogP contribution in [0.15, 0.2) is 0 Å². The minimum absolute atomic E-state index is 0.379. The first-order valence-electron chi connectivity index (χ1n) is 6.98. The van der Waals surface area contributed by atoms with Gasteiger partial charge < -0.3 is 10.2 Å². The second-order valence-corrected chi connectivity index (χ2v) is 6.74. The number of hydrogen-bond donors (Lipinski definition) is 1. The van der Waals surface area contributed by atoms with E-state index in [-0.39, 0.29) is 0 Å². The summed E-state index contributed by atoms with van der Waals surface area (Å²) in [7, 11) is 6.57. The minimum Gasteiger partial charge on any atom is -0.360 e. The fourth-order valence-corrected chi connectivity index (χ4v) is 3.55. The summed E-state index contributed by atoms with van der Waals surface area (Å²) in [5, 5.41) is 13.6. The maximum Gasteiger partial charge on any atom is 0.205 e. The van der Waals surface area contributed by atoms with Crippen LogP contribution >= 0.6 is 11.3 Å². The molecule has 6 heteroatoms. The van der Waals surface area contributed by atoms with Gasteiger partial charge in [-0.3, -0.25) is 4.90 Å². The van der Waals surface area contributed by atoms with Crippen LogP contribution in [-0.2, 0) is 6.54 Å². The second-order valence-electron chi connectivity index (χ2n) is 5.68. The van der Waals surface area contributed by atoms with Gasteiger partial charge in [0.05, 0.1) is 6.54 Å². The summed E-state index contributed by atoms with van der Waals surface area (Å²) in [6.07, 6.45) is 3.97. The lowest BCUT2D eigenvalue weighted by atomic mass is 9.75. The van der Waals surface area contributed by atoms with E-state index in [1.807, 2.05) is 0 Å². The van der Waals surface area contributed by atoms with E-state index in [1.54, 1.807) is 11.3 Å². The Labute approximate surface area is 120 Å². The van der Waals surface area contributed by atoms with E-state index in [9.17, 15) is 0 Å². The van der Waals surface area contributed by atoms with Gasteiger partial charge in [-0.2, -0.15) is 0 Å². The first-order valence-corrected chi connectivity index (χ1v) is 7.79. The van der Waals surface area contributed by atoms with Gasteiger partial charge in [0.2, 0.25) is 5.13 Å². The molecule has 0 atom stereocenters. The van der Waals surface area contributed by atoms with E-state index in [0.717, 1.165) is 29.8 Å². The van der Waals surface area contributed by atoms with Gasteiger partial charge in [-0.25, -0.2) is 0 Å². The van der Waals surface area contributed by atoms with Gasteiger partial charge in [-0.15, -0.1) is 10.2 Å². The number of nitrogens with zero attached hydrogens (tertiary/aromatic N) is 4. The number of anilines is 1. The predicted molar refractivity (Wildman–Crippen MR) is 80.7 cm³/mol. The highest BCUT2D eigenvalue weighted by atomic mass is 32.1. The molecule has 1 fully saturated rings. The van der Waals surface area contributed by atoms with Gasteiger partial charge in [0.15, 0.2) is 0 Å². The highest BCUT2D eigenvalue weighted by Crippen LogP contribution is 2.36. The van der Waals surface area contributed by atoms with E-state index in [4.69, 9.17) is 0 Å². The zero-order valence-electron chi connectivity index (χ0n) is 12.4. The number of hydrogen-bond acceptors (Lipinski definition) is 6. The van der Waals surface area contributed by atoms with Crippen molar-refractivity contribution in [1.82, 2.24) is 20.0 Å². The lowest BCUT2D eigenvalue weighted by molar-refractivity contribution is 0.0258. The monoisotopic (exact) mass is 283 g/mol. The Hall–Kier alpha value is -0.720. The zero-order valence-corrected chi connectivity index (χ0v) is 13.3. The van der Waals surface area contributed by atoms with Crippen LogP contribution in [0.3, 0.4) is 0 Å². The van der Waals surface area contributed by atoms with Crippen molar-refractivity contribution < 1.29 is 0 Å². The van der Waals surface area contributed by atoms with Gasteiger partial charge in [-0.05, 0) is 47.3 Å². The number of nitrogens with one attached hydrogen (secondary N) is 1. The third kappa shape index (κ3) is 3.43. The first-order chi connectivity index (χ1) is 9.05. The Morgan fingerprint density at radius 1 is 1.26 bits per heavy atom. The van der Waals surface area contributed by atoms with Gasteiger partial charge >= 0.3 is 0 Å². The molecule has 1 aliphatic carbocycles. The van der Waals surface area contributed by atoms with Crippen molar-refractivity contribution in [2.24, 2.45) is 0 Å². The minimum atomic E-state index is 0.379. The molecule has 2 rings (SSSR count). The molecule has 0 radical (unpaired) electrons. The quantitative estimate of drug-likeness (QED) is 0.828. The van der Waals surface area contributed by atoms with E-state index in [0.29, 0.717) is 5.54 Å². The Morgan fingerprint density at radius 2 is 2.00 bits per heavy atom. The lowest BCUT2D eigenvalue weighted by Gasteiger charge is -2.49. The first kappa shape index (κ1) is 14.7. The smallest absolute Gasteiger partial charge is 0.205 e. The maximum atomic E-state index is 4.24. The molecule has 108 valence electrons. The number of likely N-dealkylation sites (N-methyl/N-ethyl adjacent to an activating group) is 2. The zero-order chi connectivity index (χ0) is 13.9. The molecule has 0 unspecified atom stereocenters. The summed E-state index contributed by atoms with van der Waals surface area (Å²) in [5.74, 6) is 0. The molecule has 0 amide bonds. The summed E-state index contributed by atoms with van der Waals surface area (Å²) in [6.45, 7) is 4.97. The third-order valence-corrected chi connectivity index (χ3v) is 4.86. The Bertz CT molecular complexity index is 399. The van der Waals surface area contributed by atoms with Gasteiger partial charge in [0, 0.05) is 18.6 Å². The van der Waals surface area contributed by atoms with E-state index in [1.165, 1.54) is 19.3 Å². The van der Waals surface area contributed by atoms with Crippen LogP contribution < -0.4 is 5.32 Å². The molecule has 0 aliphatic heterocycles. The molecular formula is C13H25N5S. The van der Waals surface area contributed by atoms with Crippen LogP contribution in [0.5, 0.6) is 0 Å². The molecule has 1 aliphatic rings. The Kier molecular flexibility index (Phi) is 4.76. The molecule has 0 spiro atoms. The Balaban J connectivity index is 1.87. The van der Waals surface area contributed by atoms with Crippen molar-refractivity contribution in [3.63, 3.8) is 0 Å². The molecule has 1 aromatic rings. The van der Waals surface area contributed by atoms with Crippen LogP contribution in [0, 0.1) is 0 Å². The average molecular weight is 283 g/mol.